The molecule has 3 amide bonds. The van der Waals surface area contributed by atoms with E-state index in [0.717, 1.165) is 5.69 Å². The number of carbonyl (C=O) groups excluding carboxylic acids is 2. The number of aryl methyl sites for hydroxylation is 1. The smallest absolute Gasteiger partial charge is 0.308 e. The topological polar surface area (TPSA) is 83.1 Å². The number of anilines is 3. The molecule has 0 atom stereocenters. The largest absolute Gasteiger partial charge is 0.323 e. The van der Waals surface area contributed by atoms with Gasteiger partial charge < -0.3 is 10.6 Å². The number of para-hydroxylation sites is 1. The van der Waals surface area contributed by atoms with Crippen molar-refractivity contribution < 1.29 is 9.59 Å². The summed E-state index contributed by atoms with van der Waals surface area (Å²) in [5, 5.41) is 10.6. The van der Waals surface area contributed by atoms with E-state index in [-0.39, 0.29) is 11.9 Å². The standard InChI is InChI=1S/C18H16N4O2S/c1-12-11-25-18(19-12)22-16(23)13-7-9-15(10-8-13)21-17(24)20-14-5-3-2-4-6-14/h2-11H,1H3,(H,19,22,23)(H2,20,21,24). The number of rotatable bonds is 4. The fourth-order valence-electron chi connectivity index (χ4n) is 2.10. The van der Waals surface area contributed by atoms with E-state index in [1.54, 1.807) is 36.4 Å². The fraction of sp³-hybridized carbons (Fsp3) is 0.0556. The van der Waals surface area contributed by atoms with Crippen molar-refractivity contribution in [3.63, 3.8) is 0 Å². The van der Waals surface area contributed by atoms with E-state index in [1.807, 2.05) is 30.5 Å². The SMILES string of the molecule is Cc1csc(NC(=O)c2ccc(NC(=O)Nc3ccccc3)cc2)n1. The zero-order chi connectivity index (χ0) is 17.6. The lowest BCUT2D eigenvalue weighted by molar-refractivity contribution is 0.102. The molecule has 0 spiro atoms. The summed E-state index contributed by atoms with van der Waals surface area (Å²) < 4.78 is 0. The Morgan fingerprint density at radius 2 is 1.52 bits per heavy atom. The van der Waals surface area contributed by atoms with Gasteiger partial charge in [-0.25, -0.2) is 9.78 Å². The van der Waals surface area contributed by atoms with Gasteiger partial charge in [-0.15, -0.1) is 11.3 Å². The molecule has 7 heteroatoms. The summed E-state index contributed by atoms with van der Waals surface area (Å²) in [6.45, 7) is 1.87. The van der Waals surface area contributed by atoms with Gasteiger partial charge in [0.25, 0.3) is 5.91 Å². The average molecular weight is 352 g/mol. The predicted octanol–water partition coefficient (Wildman–Crippen LogP) is 4.35. The average Bonchev–Trinajstić information content (AvgIpc) is 3.01. The molecule has 0 aliphatic heterocycles. The number of carbonyl (C=O) groups is 2. The monoisotopic (exact) mass is 352 g/mol. The molecule has 2 aromatic carbocycles. The van der Waals surface area contributed by atoms with E-state index in [1.165, 1.54) is 11.3 Å². The molecular formula is C18H16N4O2S. The first-order chi connectivity index (χ1) is 12.1. The first-order valence-electron chi connectivity index (χ1n) is 7.57. The normalized spacial score (nSPS) is 10.1. The number of thiazole rings is 1. The van der Waals surface area contributed by atoms with Gasteiger partial charge in [-0.05, 0) is 43.3 Å². The minimum absolute atomic E-state index is 0.241. The molecule has 25 heavy (non-hydrogen) atoms. The van der Waals surface area contributed by atoms with Crippen LogP contribution in [0.1, 0.15) is 16.1 Å². The summed E-state index contributed by atoms with van der Waals surface area (Å²) in [5.74, 6) is -0.241. The van der Waals surface area contributed by atoms with Crippen molar-refractivity contribution in [3.8, 4) is 0 Å². The number of amides is 3. The molecular weight excluding hydrogens is 336 g/mol. The van der Waals surface area contributed by atoms with Crippen LogP contribution in [0.2, 0.25) is 0 Å². The number of aromatic nitrogens is 1. The molecule has 6 nitrogen and oxygen atoms in total. The Labute approximate surface area is 148 Å². The number of hydrogen-bond acceptors (Lipinski definition) is 4. The molecule has 1 heterocycles. The van der Waals surface area contributed by atoms with Gasteiger partial charge in [0.1, 0.15) is 0 Å². The summed E-state index contributed by atoms with van der Waals surface area (Å²) in [6, 6.07) is 15.4. The van der Waals surface area contributed by atoms with Gasteiger partial charge in [0.05, 0.1) is 5.69 Å². The highest BCUT2D eigenvalue weighted by Gasteiger charge is 2.09. The van der Waals surface area contributed by atoms with Crippen LogP contribution >= 0.6 is 11.3 Å². The molecule has 1 aromatic heterocycles. The third-order valence-electron chi connectivity index (χ3n) is 3.28. The maximum Gasteiger partial charge on any atom is 0.323 e. The lowest BCUT2D eigenvalue weighted by atomic mass is 10.2. The Kier molecular flexibility index (Phi) is 5.06. The Morgan fingerprint density at radius 1 is 0.880 bits per heavy atom. The van der Waals surface area contributed by atoms with Crippen LogP contribution in [0.4, 0.5) is 21.3 Å². The zero-order valence-electron chi connectivity index (χ0n) is 13.4. The second-order valence-electron chi connectivity index (χ2n) is 5.27. The van der Waals surface area contributed by atoms with Crippen molar-refractivity contribution in [1.29, 1.82) is 0 Å². The van der Waals surface area contributed by atoms with Crippen LogP contribution in [0.3, 0.4) is 0 Å². The predicted molar refractivity (Wildman–Crippen MR) is 100 cm³/mol. The lowest BCUT2D eigenvalue weighted by Gasteiger charge is -2.08. The highest BCUT2D eigenvalue weighted by molar-refractivity contribution is 7.13. The van der Waals surface area contributed by atoms with Crippen molar-refractivity contribution in [2.75, 3.05) is 16.0 Å². The highest BCUT2D eigenvalue weighted by atomic mass is 32.1. The molecule has 126 valence electrons. The minimum Gasteiger partial charge on any atom is -0.308 e. The number of urea groups is 1. The Bertz CT molecular complexity index is 876. The Hall–Kier alpha value is -3.19. The van der Waals surface area contributed by atoms with Crippen LogP contribution in [-0.2, 0) is 0 Å². The van der Waals surface area contributed by atoms with Gasteiger partial charge in [-0.2, -0.15) is 0 Å². The maximum absolute atomic E-state index is 12.2. The first kappa shape index (κ1) is 16.7. The summed E-state index contributed by atoms with van der Waals surface area (Å²) in [6.07, 6.45) is 0. The maximum atomic E-state index is 12.2. The second kappa shape index (κ2) is 7.59. The van der Waals surface area contributed by atoms with Gasteiger partial charge in [0, 0.05) is 22.3 Å². The fourth-order valence-corrected chi connectivity index (χ4v) is 2.78. The van der Waals surface area contributed by atoms with E-state index in [4.69, 9.17) is 0 Å². The lowest BCUT2D eigenvalue weighted by Crippen LogP contribution is -2.19. The number of hydrogen-bond donors (Lipinski definition) is 3. The van der Waals surface area contributed by atoms with Crippen LogP contribution in [0.25, 0.3) is 0 Å². The third kappa shape index (κ3) is 4.65. The van der Waals surface area contributed by atoms with Crippen molar-refractivity contribution in [1.82, 2.24) is 4.98 Å². The van der Waals surface area contributed by atoms with Crippen molar-refractivity contribution >= 4 is 39.8 Å². The van der Waals surface area contributed by atoms with Gasteiger partial charge >= 0.3 is 6.03 Å². The van der Waals surface area contributed by atoms with Gasteiger partial charge in [-0.3, -0.25) is 10.1 Å². The molecule has 3 N–H and O–H groups in total. The van der Waals surface area contributed by atoms with Crippen molar-refractivity contribution in [2.24, 2.45) is 0 Å². The van der Waals surface area contributed by atoms with E-state index in [9.17, 15) is 9.59 Å². The summed E-state index contributed by atoms with van der Waals surface area (Å²) in [5.41, 5.74) is 2.65. The molecule has 0 bridgehead atoms. The first-order valence-corrected chi connectivity index (χ1v) is 8.45. The summed E-state index contributed by atoms with van der Waals surface area (Å²) >= 11 is 1.38. The number of nitrogens with one attached hydrogen (secondary N) is 3. The van der Waals surface area contributed by atoms with Crippen LogP contribution in [-0.4, -0.2) is 16.9 Å². The molecule has 0 fully saturated rings. The number of nitrogens with zero attached hydrogens (tertiary/aromatic N) is 1. The van der Waals surface area contributed by atoms with Crippen LogP contribution in [0.15, 0.2) is 60.0 Å². The molecule has 0 unspecified atom stereocenters. The molecule has 0 aliphatic rings. The van der Waals surface area contributed by atoms with Crippen LogP contribution in [0, 0.1) is 6.92 Å². The Morgan fingerprint density at radius 3 is 2.12 bits per heavy atom. The van der Waals surface area contributed by atoms with Gasteiger partial charge in [0.15, 0.2) is 5.13 Å². The highest BCUT2D eigenvalue weighted by Crippen LogP contribution is 2.17. The quantitative estimate of drug-likeness (QED) is 0.653. The van der Waals surface area contributed by atoms with Gasteiger partial charge in [-0.1, -0.05) is 18.2 Å². The van der Waals surface area contributed by atoms with E-state index < -0.39 is 0 Å². The van der Waals surface area contributed by atoms with Crippen LogP contribution in [0.5, 0.6) is 0 Å². The van der Waals surface area contributed by atoms with Crippen molar-refractivity contribution in [2.45, 2.75) is 6.92 Å². The Balaban J connectivity index is 1.58. The van der Waals surface area contributed by atoms with E-state index in [2.05, 4.69) is 20.9 Å². The molecule has 0 radical (unpaired) electrons. The summed E-state index contributed by atoms with van der Waals surface area (Å²) in [4.78, 5) is 28.3. The zero-order valence-corrected chi connectivity index (χ0v) is 14.3. The minimum atomic E-state index is -0.346. The third-order valence-corrected chi connectivity index (χ3v) is 4.15. The molecule has 3 aromatic rings. The molecule has 0 saturated carbocycles. The van der Waals surface area contributed by atoms with Crippen molar-refractivity contribution in [3.05, 3.63) is 71.2 Å². The van der Waals surface area contributed by atoms with E-state index >= 15 is 0 Å². The van der Waals surface area contributed by atoms with Gasteiger partial charge in [0.2, 0.25) is 0 Å². The number of benzene rings is 2. The second-order valence-corrected chi connectivity index (χ2v) is 6.13. The molecule has 0 saturated heterocycles. The summed E-state index contributed by atoms with van der Waals surface area (Å²) in [7, 11) is 0. The molecule has 3 rings (SSSR count). The van der Waals surface area contributed by atoms with Crippen LogP contribution < -0.4 is 16.0 Å². The molecule has 0 aliphatic carbocycles. The van der Waals surface area contributed by atoms with E-state index in [0.29, 0.717) is 22.1 Å².